The van der Waals surface area contributed by atoms with Crippen LogP contribution in [0.3, 0.4) is 0 Å². The third kappa shape index (κ3) is 3.40. The average molecular weight is 291 g/mol. The molecule has 1 unspecified atom stereocenters. The van der Waals surface area contributed by atoms with Crippen molar-refractivity contribution in [1.82, 2.24) is 14.5 Å². The molecule has 5 nitrogen and oxygen atoms in total. The Morgan fingerprint density at radius 3 is 2.81 bits per heavy atom. The van der Waals surface area contributed by atoms with Gasteiger partial charge in [0.1, 0.15) is 0 Å². The molecule has 2 saturated heterocycles. The summed E-state index contributed by atoms with van der Waals surface area (Å²) in [6.45, 7) is 7.93. The molecule has 3 heterocycles. The second-order valence-electron chi connectivity index (χ2n) is 6.54. The van der Waals surface area contributed by atoms with E-state index in [-0.39, 0.29) is 0 Å². The maximum Gasteiger partial charge on any atom is 0.205 e. The van der Waals surface area contributed by atoms with E-state index in [1.165, 1.54) is 38.3 Å². The maximum atomic E-state index is 6.02. The molecule has 0 spiro atoms. The van der Waals surface area contributed by atoms with Crippen molar-refractivity contribution in [3.8, 4) is 0 Å². The van der Waals surface area contributed by atoms with Crippen LogP contribution in [0.1, 0.15) is 39.0 Å². The van der Waals surface area contributed by atoms with Gasteiger partial charge < -0.3 is 15.2 Å². The Bertz CT molecular complexity index is 436. The van der Waals surface area contributed by atoms with Gasteiger partial charge in [0.2, 0.25) is 5.95 Å². The molecule has 118 valence electrons. The predicted molar refractivity (Wildman–Crippen MR) is 86.5 cm³/mol. The summed E-state index contributed by atoms with van der Waals surface area (Å²) in [5.41, 5.74) is 6.02. The van der Waals surface area contributed by atoms with Crippen LogP contribution in [0.2, 0.25) is 0 Å². The van der Waals surface area contributed by atoms with Crippen molar-refractivity contribution in [2.24, 2.45) is 5.73 Å². The normalized spacial score (nSPS) is 24.9. The quantitative estimate of drug-likeness (QED) is 0.897. The Labute approximate surface area is 128 Å². The van der Waals surface area contributed by atoms with Crippen LogP contribution >= 0.6 is 0 Å². The molecule has 1 aromatic rings. The largest absolute Gasteiger partial charge is 0.341 e. The predicted octanol–water partition coefficient (Wildman–Crippen LogP) is 1.68. The Kier molecular flexibility index (Phi) is 4.80. The third-order valence-corrected chi connectivity index (χ3v) is 4.98. The maximum absolute atomic E-state index is 6.02. The molecule has 0 aliphatic carbocycles. The van der Waals surface area contributed by atoms with E-state index in [2.05, 4.69) is 32.5 Å². The fourth-order valence-electron chi connectivity index (χ4n) is 3.59. The fraction of sp³-hybridized carbons (Fsp3) is 0.812. The molecule has 0 radical (unpaired) electrons. The lowest BCUT2D eigenvalue weighted by molar-refractivity contribution is 0.163. The van der Waals surface area contributed by atoms with Gasteiger partial charge in [0.05, 0.1) is 0 Å². The van der Waals surface area contributed by atoms with E-state index < -0.39 is 0 Å². The highest BCUT2D eigenvalue weighted by molar-refractivity contribution is 5.33. The summed E-state index contributed by atoms with van der Waals surface area (Å²) >= 11 is 0. The highest BCUT2D eigenvalue weighted by Gasteiger charge is 2.31. The number of nitrogens with two attached hydrogens (primary N) is 1. The zero-order valence-corrected chi connectivity index (χ0v) is 13.2. The van der Waals surface area contributed by atoms with Crippen LogP contribution in [-0.4, -0.2) is 52.7 Å². The van der Waals surface area contributed by atoms with Crippen LogP contribution < -0.4 is 10.6 Å². The zero-order valence-electron chi connectivity index (χ0n) is 13.2. The standard InChI is InChI=1S/C16H29N5/c1-2-3-8-20-12-7-18-16(20)21-11-6-15(13-21)19-9-4-14(17)5-10-19/h7,12,14-15H,2-6,8-11,13,17H2,1H3. The molecule has 1 atom stereocenters. The van der Waals surface area contributed by atoms with Gasteiger partial charge in [-0.15, -0.1) is 0 Å². The molecule has 2 aliphatic rings. The Morgan fingerprint density at radius 1 is 1.24 bits per heavy atom. The number of anilines is 1. The molecule has 2 fully saturated rings. The van der Waals surface area contributed by atoms with E-state index in [1.54, 1.807) is 0 Å². The van der Waals surface area contributed by atoms with Crippen molar-refractivity contribution >= 4 is 5.95 Å². The molecule has 0 saturated carbocycles. The van der Waals surface area contributed by atoms with E-state index in [4.69, 9.17) is 5.73 Å². The summed E-state index contributed by atoms with van der Waals surface area (Å²) in [5.74, 6) is 1.17. The zero-order chi connectivity index (χ0) is 14.7. The van der Waals surface area contributed by atoms with Crippen LogP contribution in [0.5, 0.6) is 0 Å². The number of rotatable bonds is 5. The molecule has 21 heavy (non-hydrogen) atoms. The van der Waals surface area contributed by atoms with Gasteiger partial charge in [-0.1, -0.05) is 13.3 Å². The number of piperidine rings is 1. The van der Waals surface area contributed by atoms with Crippen molar-refractivity contribution in [2.45, 2.75) is 57.7 Å². The van der Waals surface area contributed by atoms with Gasteiger partial charge in [-0.25, -0.2) is 4.98 Å². The summed E-state index contributed by atoms with van der Waals surface area (Å²) in [6, 6.07) is 1.11. The lowest BCUT2D eigenvalue weighted by Gasteiger charge is -2.34. The Morgan fingerprint density at radius 2 is 2.05 bits per heavy atom. The topological polar surface area (TPSA) is 50.3 Å². The number of hydrogen-bond donors (Lipinski definition) is 1. The SMILES string of the molecule is CCCCn1ccnc1N1CCC(N2CCC(N)CC2)C1. The van der Waals surface area contributed by atoms with Gasteiger partial charge in [-0.05, 0) is 38.8 Å². The number of imidazole rings is 1. The van der Waals surface area contributed by atoms with Crippen molar-refractivity contribution in [3.63, 3.8) is 0 Å². The van der Waals surface area contributed by atoms with Gasteiger partial charge in [0.25, 0.3) is 0 Å². The highest BCUT2D eigenvalue weighted by atomic mass is 15.3. The number of unbranched alkanes of at least 4 members (excludes halogenated alkanes) is 1. The minimum atomic E-state index is 0.423. The lowest BCUT2D eigenvalue weighted by Crippen LogP contribution is -2.46. The second kappa shape index (κ2) is 6.79. The fourth-order valence-corrected chi connectivity index (χ4v) is 3.59. The van der Waals surface area contributed by atoms with Crippen LogP contribution in [0.25, 0.3) is 0 Å². The second-order valence-corrected chi connectivity index (χ2v) is 6.54. The number of aryl methyl sites for hydroxylation is 1. The molecule has 0 aromatic carbocycles. The molecule has 0 amide bonds. The van der Waals surface area contributed by atoms with E-state index >= 15 is 0 Å². The number of nitrogens with zero attached hydrogens (tertiary/aromatic N) is 4. The summed E-state index contributed by atoms with van der Waals surface area (Å²) in [7, 11) is 0. The van der Waals surface area contributed by atoms with E-state index in [1.807, 2.05) is 6.20 Å². The van der Waals surface area contributed by atoms with Crippen molar-refractivity contribution in [2.75, 3.05) is 31.1 Å². The van der Waals surface area contributed by atoms with E-state index in [0.29, 0.717) is 12.1 Å². The number of hydrogen-bond acceptors (Lipinski definition) is 4. The van der Waals surface area contributed by atoms with Crippen LogP contribution in [0.4, 0.5) is 5.95 Å². The van der Waals surface area contributed by atoms with E-state index in [0.717, 1.165) is 32.5 Å². The summed E-state index contributed by atoms with van der Waals surface area (Å²) in [6.07, 6.45) is 10.1. The molecule has 3 rings (SSSR count). The number of aromatic nitrogens is 2. The minimum absolute atomic E-state index is 0.423. The van der Waals surface area contributed by atoms with Gasteiger partial charge in [-0.2, -0.15) is 0 Å². The van der Waals surface area contributed by atoms with Gasteiger partial charge in [0, 0.05) is 44.1 Å². The first-order valence-electron chi connectivity index (χ1n) is 8.53. The molecule has 5 heteroatoms. The first-order chi connectivity index (χ1) is 10.3. The third-order valence-electron chi connectivity index (χ3n) is 4.98. The van der Waals surface area contributed by atoms with Crippen LogP contribution in [0.15, 0.2) is 12.4 Å². The first kappa shape index (κ1) is 14.9. The van der Waals surface area contributed by atoms with Crippen molar-refractivity contribution in [3.05, 3.63) is 12.4 Å². The molecule has 1 aromatic heterocycles. The smallest absolute Gasteiger partial charge is 0.205 e. The molecular weight excluding hydrogens is 262 g/mol. The van der Waals surface area contributed by atoms with Crippen molar-refractivity contribution in [1.29, 1.82) is 0 Å². The van der Waals surface area contributed by atoms with Crippen LogP contribution in [-0.2, 0) is 6.54 Å². The number of likely N-dealkylation sites (tertiary alicyclic amines) is 1. The monoisotopic (exact) mass is 291 g/mol. The van der Waals surface area contributed by atoms with Crippen molar-refractivity contribution < 1.29 is 0 Å². The van der Waals surface area contributed by atoms with E-state index in [9.17, 15) is 0 Å². The molecule has 2 N–H and O–H groups in total. The highest BCUT2D eigenvalue weighted by Crippen LogP contribution is 2.24. The molecule has 0 bridgehead atoms. The molecular formula is C16H29N5. The summed E-state index contributed by atoms with van der Waals surface area (Å²) < 4.78 is 2.32. The molecule has 2 aliphatic heterocycles. The lowest BCUT2D eigenvalue weighted by atomic mass is 10.0. The minimum Gasteiger partial charge on any atom is -0.341 e. The van der Waals surface area contributed by atoms with Gasteiger partial charge in [0.15, 0.2) is 0 Å². The van der Waals surface area contributed by atoms with Gasteiger partial charge in [-0.3, -0.25) is 4.90 Å². The summed E-state index contributed by atoms with van der Waals surface area (Å²) in [4.78, 5) is 9.70. The first-order valence-corrected chi connectivity index (χ1v) is 8.53. The van der Waals surface area contributed by atoms with Gasteiger partial charge >= 0.3 is 0 Å². The van der Waals surface area contributed by atoms with Crippen LogP contribution in [0, 0.1) is 0 Å². The Hall–Kier alpha value is -1.07. The Balaban J connectivity index is 1.58. The average Bonchev–Trinajstić information content (AvgIpc) is 3.14. The summed E-state index contributed by atoms with van der Waals surface area (Å²) in [5, 5.41) is 0.